The minimum Gasteiger partial charge on any atom is -0.497 e. The van der Waals surface area contributed by atoms with Crippen molar-refractivity contribution in [2.45, 2.75) is 13.1 Å². The lowest BCUT2D eigenvalue weighted by molar-refractivity contribution is 0.0784. The van der Waals surface area contributed by atoms with Gasteiger partial charge in [0.25, 0.3) is 11.8 Å². The zero-order chi connectivity index (χ0) is 20.4. The Morgan fingerprint density at radius 3 is 2.76 bits per heavy atom. The van der Waals surface area contributed by atoms with Gasteiger partial charge in [0, 0.05) is 37.7 Å². The van der Waals surface area contributed by atoms with E-state index in [9.17, 15) is 9.59 Å². The Labute approximate surface area is 168 Å². The summed E-state index contributed by atoms with van der Waals surface area (Å²) in [6.07, 6.45) is 4.87. The quantitative estimate of drug-likeness (QED) is 0.672. The smallest absolute Gasteiger partial charge is 0.260 e. The molecule has 29 heavy (non-hydrogen) atoms. The lowest BCUT2D eigenvalue weighted by Crippen LogP contribution is -2.27. The number of rotatable bonds is 5. The summed E-state index contributed by atoms with van der Waals surface area (Å²) < 4.78 is 5.24. The van der Waals surface area contributed by atoms with E-state index in [1.54, 1.807) is 72.9 Å². The van der Waals surface area contributed by atoms with Crippen molar-refractivity contribution in [3.63, 3.8) is 0 Å². The monoisotopic (exact) mass is 388 g/mol. The van der Waals surface area contributed by atoms with Crippen LogP contribution in [0.15, 0.2) is 61.1 Å². The zero-order valence-corrected chi connectivity index (χ0v) is 16.2. The SMILES string of the molecule is COc1ccc2c(c1)CN(c1ccc(CN(C)C(=O)c3cccnc3)cn1)C2=O. The number of nitrogens with zero attached hydrogens (tertiary/aromatic N) is 4. The molecule has 4 rings (SSSR count). The number of hydrogen-bond acceptors (Lipinski definition) is 5. The number of carbonyl (C=O) groups excluding carboxylic acids is 2. The molecule has 0 N–H and O–H groups in total. The molecule has 0 unspecified atom stereocenters. The molecule has 2 aromatic heterocycles. The minimum absolute atomic E-state index is 0.0771. The largest absolute Gasteiger partial charge is 0.497 e. The van der Waals surface area contributed by atoms with Gasteiger partial charge in [-0.05, 0) is 47.5 Å². The first-order valence-corrected chi connectivity index (χ1v) is 9.16. The normalized spacial score (nSPS) is 12.6. The first-order valence-electron chi connectivity index (χ1n) is 9.16. The maximum Gasteiger partial charge on any atom is 0.260 e. The van der Waals surface area contributed by atoms with E-state index in [4.69, 9.17) is 4.74 Å². The number of aromatic nitrogens is 2. The van der Waals surface area contributed by atoms with Crippen molar-refractivity contribution >= 4 is 17.6 Å². The van der Waals surface area contributed by atoms with E-state index < -0.39 is 0 Å². The second kappa shape index (κ2) is 7.71. The summed E-state index contributed by atoms with van der Waals surface area (Å²) in [7, 11) is 3.34. The predicted molar refractivity (Wildman–Crippen MR) is 108 cm³/mol. The molecule has 146 valence electrons. The number of pyridine rings is 2. The fourth-order valence-corrected chi connectivity index (χ4v) is 3.33. The predicted octanol–water partition coefficient (Wildman–Crippen LogP) is 2.92. The summed E-state index contributed by atoms with van der Waals surface area (Å²) in [6.45, 7) is 0.865. The van der Waals surface area contributed by atoms with Crippen LogP contribution in [0.1, 0.15) is 31.8 Å². The van der Waals surface area contributed by atoms with Crippen LogP contribution < -0.4 is 9.64 Å². The molecule has 3 aromatic rings. The Morgan fingerprint density at radius 1 is 1.21 bits per heavy atom. The summed E-state index contributed by atoms with van der Waals surface area (Å²) in [5.41, 5.74) is 3.00. The van der Waals surface area contributed by atoms with Crippen molar-refractivity contribution in [1.82, 2.24) is 14.9 Å². The van der Waals surface area contributed by atoms with Crippen molar-refractivity contribution in [2.75, 3.05) is 19.1 Å². The van der Waals surface area contributed by atoms with Crippen molar-refractivity contribution in [1.29, 1.82) is 0 Å². The number of methoxy groups -OCH3 is 1. The van der Waals surface area contributed by atoms with Crippen LogP contribution in [0, 0.1) is 0 Å². The van der Waals surface area contributed by atoms with Gasteiger partial charge >= 0.3 is 0 Å². The maximum absolute atomic E-state index is 12.7. The molecular formula is C22H20N4O3. The highest BCUT2D eigenvalue weighted by Crippen LogP contribution is 2.29. The topological polar surface area (TPSA) is 75.6 Å². The summed E-state index contributed by atoms with van der Waals surface area (Å²) in [6, 6.07) is 12.6. The molecule has 0 radical (unpaired) electrons. The molecule has 0 atom stereocenters. The molecule has 0 bridgehead atoms. The Bertz CT molecular complexity index is 1050. The lowest BCUT2D eigenvalue weighted by atomic mass is 10.1. The van der Waals surface area contributed by atoms with Crippen LogP contribution in [0.3, 0.4) is 0 Å². The van der Waals surface area contributed by atoms with Crippen LogP contribution in [0.5, 0.6) is 5.75 Å². The minimum atomic E-state index is -0.110. The Balaban J connectivity index is 1.46. The number of benzene rings is 1. The highest BCUT2D eigenvalue weighted by atomic mass is 16.5. The molecule has 7 nitrogen and oxygen atoms in total. The van der Waals surface area contributed by atoms with Crippen LogP contribution in [-0.2, 0) is 13.1 Å². The van der Waals surface area contributed by atoms with Crippen molar-refractivity contribution in [3.05, 3.63) is 83.3 Å². The molecule has 1 aliphatic heterocycles. The fraction of sp³-hybridized carbons (Fsp3) is 0.182. The molecule has 1 aromatic carbocycles. The summed E-state index contributed by atoms with van der Waals surface area (Å²) in [4.78, 5) is 36.8. The van der Waals surface area contributed by atoms with Gasteiger partial charge in [0.1, 0.15) is 11.6 Å². The van der Waals surface area contributed by atoms with Crippen LogP contribution in [0.2, 0.25) is 0 Å². The van der Waals surface area contributed by atoms with E-state index >= 15 is 0 Å². The molecule has 0 spiro atoms. The number of ether oxygens (including phenoxy) is 1. The van der Waals surface area contributed by atoms with Gasteiger partial charge in [0.05, 0.1) is 19.2 Å². The Morgan fingerprint density at radius 2 is 2.07 bits per heavy atom. The maximum atomic E-state index is 12.7. The van der Waals surface area contributed by atoms with Gasteiger partial charge in [0.15, 0.2) is 0 Å². The van der Waals surface area contributed by atoms with Crippen LogP contribution in [0.4, 0.5) is 5.82 Å². The third-order valence-corrected chi connectivity index (χ3v) is 4.88. The zero-order valence-electron chi connectivity index (χ0n) is 16.2. The average molecular weight is 388 g/mol. The number of anilines is 1. The van der Waals surface area contributed by atoms with E-state index in [1.165, 1.54) is 0 Å². The Hall–Kier alpha value is -3.74. The standard InChI is InChI=1S/C22H20N4O3/c1-25(21(27)16-4-3-9-23-12-16)13-15-5-8-20(24-11-15)26-14-17-10-18(29-2)6-7-19(17)22(26)28/h3-12H,13-14H2,1-2H3. The molecular weight excluding hydrogens is 368 g/mol. The molecule has 2 amide bonds. The van der Waals surface area contributed by atoms with Crippen LogP contribution >= 0.6 is 0 Å². The highest BCUT2D eigenvalue weighted by molar-refractivity contribution is 6.09. The van der Waals surface area contributed by atoms with Crippen molar-refractivity contribution in [2.24, 2.45) is 0 Å². The van der Waals surface area contributed by atoms with Crippen LogP contribution in [0.25, 0.3) is 0 Å². The average Bonchev–Trinajstić information content (AvgIpc) is 3.10. The molecule has 3 heterocycles. The first-order chi connectivity index (χ1) is 14.1. The molecule has 7 heteroatoms. The van der Waals surface area contributed by atoms with E-state index in [1.807, 2.05) is 12.1 Å². The van der Waals surface area contributed by atoms with Gasteiger partial charge in [-0.2, -0.15) is 0 Å². The van der Waals surface area contributed by atoms with Gasteiger partial charge in [-0.3, -0.25) is 19.5 Å². The molecule has 0 fully saturated rings. The summed E-state index contributed by atoms with van der Waals surface area (Å²) >= 11 is 0. The van der Waals surface area contributed by atoms with Gasteiger partial charge in [-0.25, -0.2) is 4.98 Å². The van der Waals surface area contributed by atoms with Crippen molar-refractivity contribution in [3.8, 4) is 5.75 Å². The third kappa shape index (κ3) is 3.67. The van der Waals surface area contributed by atoms with E-state index in [0.717, 1.165) is 16.9 Å². The molecule has 0 saturated carbocycles. The fourth-order valence-electron chi connectivity index (χ4n) is 3.33. The van der Waals surface area contributed by atoms with Gasteiger partial charge < -0.3 is 9.64 Å². The summed E-state index contributed by atoms with van der Waals surface area (Å²) in [5.74, 6) is 1.12. The number of carbonyl (C=O) groups is 2. The van der Waals surface area contributed by atoms with E-state index in [2.05, 4.69) is 9.97 Å². The second-order valence-electron chi connectivity index (χ2n) is 6.84. The number of amides is 2. The third-order valence-electron chi connectivity index (χ3n) is 4.88. The van der Waals surface area contributed by atoms with Gasteiger partial charge in [-0.15, -0.1) is 0 Å². The first kappa shape index (κ1) is 18.6. The Kier molecular flexibility index (Phi) is 4.95. The van der Waals surface area contributed by atoms with Crippen molar-refractivity contribution < 1.29 is 14.3 Å². The lowest BCUT2D eigenvalue weighted by Gasteiger charge is -2.18. The van der Waals surface area contributed by atoms with Gasteiger partial charge in [-0.1, -0.05) is 6.07 Å². The molecule has 1 aliphatic rings. The summed E-state index contributed by atoms with van der Waals surface area (Å²) in [5, 5.41) is 0. The van der Waals surface area contributed by atoms with Crippen LogP contribution in [-0.4, -0.2) is 40.8 Å². The van der Waals surface area contributed by atoms with E-state index in [-0.39, 0.29) is 11.8 Å². The van der Waals surface area contributed by atoms with E-state index in [0.29, 0.717) is 30.0 Å². The number of hydrogen-bond donors (Lipinski definition) is 0. The second-order valence-corrected chi connectivity index (χ2v) is 6.84. The molecule has 0 aliphatic carbocycles. The van der Waals surface area contributed by atoms with Gasteiger partial charge in [0.2, 0.25) is 0 Å². The highest BCUT2D eigenvalue weighted by Gasteiger charge is 2.29. The number of fused-ring (bicyclic) bond motifs is 1. The molecule has 0 saturated heterocycles.